The molecule has 0 heterocycles. The Hall–Kier alpha value is -2.64. The number of benzene rings is 2. The molecule has 2 aromatic rings. The van der Waals surface area contributed by atoms with E-state index in [2.05, 4.69) is 16.6 Å². The minimum absolute atomic E-state index is 0.114. The van der Waals surface area contributed by atoms with Crippen molar-refractivity contribution in [1.82, 2.24) is 0 Å². The fourth-order valence-electron chi connectivity index (χ4n) is 2.53. The summed E-state index contributed by atoms with van der Waals surface area (Å²) in [5.74, 6) is -0.298. The van der Waals surface area contributed by atoms with Crippen LogP contribution in [0.2, 0.25) is 0 Å². The maximum absolute atomic E-state index is 12.7. The van der Waals surface area contributed by atoms with Gasteiger partial charge in [0, 0.05) is 5.69 Å². The van der Waals surface area contributed by atoms with Crippen molar-refractivity contribution < 1.29 is 17.9 Å². The molecule has 0 saturated carbocycles. The van der Waals surface area contributed by atoms with Crippen LogP contribution >= 0.6 is 0 Å². The molecular weight excluding hydrogens is 376 g/mol. The van der Waals surface area contributed by atoms with Crippen molar-refractivity contribution in [2.24, 2.45) is 0 Å². The van der Waals surface area contributed by atoms with Gasteiger partial charge in [-0.2, -0.15) is 0 Å². The Bertz CT molecular complexity index is 917. The first-order chi connectivity index (χ1) is 13.2. The number of sulfonamides is 1. The van der Waals surface area contributed by atoms with Crippen LogP contribution in [0.3, 0.4) is 0 Å². The van der Waals surface area contributed by atoms with Crippen LogP contribution in [-0.2, 0) is 19.6 Å². The molecule has 150 valence electrons. The van der Waals surface area contributed by atoms with Crippen LogP contribution in [0, 0.1) is 13.8 Å². The summed E-state index contributed by atoms with van der Waals surface area (Å²) in [5, 5.41) is 2.71. The van der Waals surface area contributed by atoms with Gasteiger partial charge in [0.05, 0.1) is 17.2 Å². The van der Waals surface area contributed by atoms with Gasteiger partial charge in [0.2, 0.25) is 0 Å². The van der Waals surface area contributed by atoms with Crippen LogP contribution in [0.4, 0.5) is 11.4 Å². The Morgan fingerprint density at radius 2 is 1.75 bits per heavy atom. The van der Waals surface area contributed by atoms with E-state index in [0.29, 0.717) is 24.4 Å². The summed E-state index contributed by atoms with van der Waals surface area (Å²) >= 11 is 0. The van der Waals surface area contributed by atoms with Crippen molar-refractivity contribution in [3.63, 3.8) is 0 Å². The lowest BCUT2D eigenvalue weighted by molar-refractivity contribution is -0.126. The average Bonchev–Trinajstić information content (AvgIpc) is 2.65. The molecule has 1 unspecified atom stereocenters. The molecule has 2 aromatic carbocycles. The molecule has 0 aliphatic rings. The van der Waals surface area contributed by atoms with E-state index in [1.165, 1.54) is 12.1 Å². The number of carbonyl (C=O) groups excluding carboxylic acids is 1. The van der Waals surface area contributed by atoms with E-state index in [9.17, 15) is 13.2 Å². The maximum atomic E-state index is 12.7. The first-order valence-corrected chi connectivity index (χ1v) is 10.5. The van der Waals surface area contributed by atoms with Crippen molar-refractivity contribution in [3.05, 3.63) is 66.2 Å². The number of amides is 1. The standard InChI is InChI=1S/C21H26N2O4S/c1-5-6-14-27-17(4)21(24)22-18-10-12-19(13-11-18)28(25,26)23-20-15(2)8-7-9-16(20)3/h5,7-13,17,23H,1,6,14H2,2-4H3,(H,22,24). The monoisotopic (exact) mass is 402 g/mol. The number of para-hydroxylation sites is 1. The van der Waals surface area contributed by atoms with Gasteiger partial charge >= 0.3 is 0 Å². The summed E-state index contributed by atoms with van der Waals surface area (Å²) in [6, 6.07) is 11.6. The topological polar surface area (TPSA) is 84.5 Å². The predicted molar refractivity (Wildman–Crippen MR) is 112 cm³/mol. The quantitative estimate of drug-likeness (QED) is 0.490. The molecule has 1 amide bonds. The molecule has 28 heavy (non-hydrogen) atoms. The fourth-order valence-corrected chi connectivity index (χ4v) is 3.74. The fraction of sp³-hybridized carbons (Fsp3) is 0.286. The summed E-state index contributed by atoms with van der Waals surface area (Å²) < 4.78 is 33.4. The third-order valence-corrected chi connectivity index (χ3v) is 5.57. The van der Waals surface area contributed by atoms with Crippen molar-refractivity contribution in [1.29, 1.82) is 0 Å². The van der Waals surface area contributed by atoms with E-state index in [1.807, 2.05) is 32.0 Å². The second-order valence-corrected chi connectivity index (χ2v) is 8.16. The van der Waals surface area contributed by atoms with Crippen LogP contribution < -0.4 is 10.0 Å². The Labute approximate surface area is 166 Å². The normalized spacial score (nSPS) is 12.2. The number of rotatable bonds is 9. The minimum Gasteiger partial charge on any atom is -0.368 e. The first kappa shape index (κ1) is 21.7. The first-order valence-electron chi connectivity index (χ1n) is 8.97. The highest BCUT2D eigenvalue weighted by Crippen LogP contribution is 2.24. The number of hydrogen-bond donors (Lipinski definition) is 2. The largest absolute Gasteiger partial charge is 0.368 e. The van der Waals surface area contributed by atoms with E-state index >= 15 is 0 Å². The van der Waals surface area contributed by atoms with E-state index in [-0.39, 0.29) is 10.8 Å². The predicted octanol–water partition coefficient (Wildman–Crippen LogP) is 4.02. The van der Waals surface area contributed by atoms with Crippen molar-refractivity contribution >= 4 is 27.3 Å². The van der Waals surface area contributed by atoms with Gasteiger partial charge in [0.15, 0.2) is 0 Å². The van der Waals surface area contributed by atoms with Gasteiger partial charge in [0.1, 0.15) is 6.10 Å². The molecule has 0 aromatic heterocycles. The van der Waals surface area contributed by atoms with E-state index in [4.69, 9.17) is 4.74 Å². The number of carbonyl (C=O) groups is 1. The molecule has 7 heteroatoms. The molecule has 0 radical (unpaired) electrons. The summed E-state index contributed by atoms with van der Waals surface area (Å²) in [6.45, 7) is 9.37. The van der Waals surface area contributed by atoms with Crippen molar-refractivity contribution in [3.8, 4) is 0 Å². The number of anilines is 2. The summed E-state index contributed by atoms with van der Waals surface area (Å²) in [4.78, 5) is 12.2. The van der Waals surface area contributed by atoms with Crippen LogP contribution in [0.25, 0.3) is 0 Å². The van der Waals surface area contributed by atoms with Gasteiger partial charge in [-0.3, -0.25) is 9.52 Å². The molecule has 0 aliphatic heterocycles. The molecular formula is C21H26N2O4S. The minimum atomic E-state index is -3.73. The Balaban J connectivity index is 2.07. The third-order valence-electron chi connectivity index (χ3n) is 4.21. The van der Waals surface area contributed by atoms with Crippen LogP contribution in [0.5, 0.6) is 0 Å². The molecule has 0 spiro atoms. The Kier molecular flexibility index (Phi) is 7.37. The molecule has 0 aliphatic carbocycles. The second kappa shape index (κ2) is 9.52. The lowest BCUT2D eigenvalue weighted by atomic mass is 10.1. The molecule has 1 atom stereocenters. The highest BCUT2D eigenvalue weighted by Gasteiger charge is 2.17. The highest BCUT2D eigenvalue weighted by molar-refractivity contribution is 7.92. The van der Waals surface area contributed by atoms with Gasteiger partial charge < -0.3 is 10.1 Å². The van der Waals surface area contributed by atoms with Gasteiger partial charge in [-0.25, -0.2) is 8.42 Å². The molecule has 0 bridgehead atoms. The lowest BCUT2D eigenvalue weighted by Crippen LogP contribution is -2.28. The Morgan fingerprint density at radius 1 is 1.14 bits per heavy atom. The molecule has 0 saturated heterocycles. The third kappa shape index (κ3) is 5.68. The number of aryl methyl sites for hydroxylation is 2. The van der Waals surface area contributed by atoms with Crippen LogP contribution in [0.15, 0.2) is 60.0 Å². The zero-order valence-corrected chi connectivity index (χ0v) is 17.2. The smallest absolute Gasteiger partial charge is 0.261 e. The SMILES string of the molecule is C=CCCOC(C)C(=O)Nc1ccc(S(=O)(=O)Nc2c(C)cccc2C)cc1. The van der Waals surface area contributed by atoms with Gasteiger partial charge in [-0.15, -0.1) is 6.58 Å². The number of ether oxygens (including phenoxy) is 1. The zero-order valence-electron chi connectivity index (χ0n) is 16.4. The van der Waals surface area contributed by atoms with Gasteiger partial charge in [-0.05, 0) is 62.6 Å². The second-order valence-electron chi connectivity index (χ2n) is 6.48. The zero-order chi connectivity index (χ0) is 20.7. The molecule has 0 fully saturated rings. The summed E-state index contributed by atoms with van der Waals surface area (Å²) in [7, 11) is -3.73. The summed E-state index contributed by atoms with van der Waals surface area (Å²) in [6.07, 6.45) is 1.77. The van der Waals surface area contributed by atoms with Crippen molar-refractivity contribution in [2.75, 3.05) is 16.6 Å². The number of hydrogen-bond acceptors (Lipinski definition) is 4. The number of nitrogens with one attached hydrogen (secondary N) is 2. The molecule has 2 N–H and O–H groups in total. The lowest BCUT2D eigenvalue weighted by Gasteiger charge is -2.14. The average molecular weight is 403 g/mol. The van der Waals surface area contributed by atoms with Gasteiger partial charge in [0.25, 0.3) is 15.9 Å². The van der Waals surface area contributed by atoms with Crippen LogP contribution in [-0.4, -0.2) is 27.0 Å². The van der Waals surface area contributed by atoms with E-state index in [0.717, 1.165) is 11.1 Å². The van der Waals surface area contributed by atoms with Crippen LogP contribution in [0.1, 0.15) is 24.5 Å². The Morgan fingerprint density at radius 3 is 2.32 bits per heavy atom. The van der Waals surface area contributed by atoms with E-state index in [1.54, 1.807) is 25.1 Å². The molecule has 2 rings (SSSR count). The van der Waals surface area contributed by atoms with E-state index < -0.39 is 16.1 Å². The summed E-state index contributed by atoms with van der Waals surface area (Å²) in [5.41, 5.74) is 2.76. The highest BCUT2D eigenvalue weighted by atomic mass is 32.2. The maximum Gasteiger partial charge on any atom is 0.261 e. The van der Waals surface area contributed by atoms with Crippen molar-refractivity contribution in [2.45, 2.75) is 38.2 Å². The molecule has 6 nitrogen and oxygen atoms in total. The van der Waals surface area contributed by atoms with Gasteiger partial charge in [-0.1, -0.05) is 24.3 Å².